The molecule has 0 spiro atoms. The normalized spacial score (nSPS) is 19.0. The van der Waals surface area contributed by atoms with Crippen molar-refractivity contribution in [2.75, 3.05) is 31.1 Å². The number of pyridine rings is 1. The second kappa shape index (κ2) is 7.00. The highest BCUT2D eigenvalue weighted by molar-refractivity contribution is 9.10. The van der Waals surface area contributed by atoms with Gasteiger partial charge in [0.2, 0.25) is 0 Å². The minimum absolute atomic E-state index is 0.177. The van der Waals surface area contributed by atoms with Gasteiger partial charge in [-0.2, -0.15) is 0 Å². The molecule has 1 N–H and O–H groups in total. The van der Waals surface area contributed by atoms with Crippen molar-refractivity contribution in [3.63, 3.8) is 0 Å². The van der Waals surface area contributed by atoms with Crippen LogP contribution in [0, 0.1) is 5.82 Å². The number of halogens is 2. The number of carbonyl (C=O) groups is 1. The molecule has 1 atom stereocenters. The summed E-state index contributed by atoms with van der Waals surface area (Å²) in [5.74, 6) is -0.292. The molecule has 0 saturated carbocycles. The lowest BCUT2D eigenvalue weighted by Crippen LogP contribution is -2.57. The van der Waals surface area contributed by atoms with Gasteiger partial charge < -0.3 is 19.6 Å². The largest absolute Gasteiger partial charge is 0.444 e. The zero-order chi connectivity index (χ0) is 17.2. The summed E-state index contributed by atoms with van der Waals surface area (Å²) < 4.78 is 20.0. The fourth-order valence-corrected chi connectivity index (χ4v) is 2.70. The molecule has 6 nitrogen and oxygen atoms in total. The number of piperazine rings is 1. The number of aliphatic hydroxyl groups is 1. The Hall–Kier alpha value is -1.41. The van der Waals surface area contributed by atoms with Crippen LogP contribution in [0.3, 0.4) is 0 Å². The van der Waals surface area contributed by atoms with Crippen molar-refractivity contribution in [1.29, 1.82) is 0 Å². The predicted octanol–water partition coefficient (Wildman–Crippen LogP) is 2.40. The summed E-state index contributed by atoms with van der Waals surface area (Å²) in [6, 6.07) is 0.899. The van der Waals surface area contributed by atoms with Crippen LogP contribution < -0.4 is 4.90 Å². The van der Waals surface area contributed by atoms with Crippen LogP contribution in [0.15, 0.2) is 16.7 Å². The molecule has 2 rings (SSSR count). The number of carbonyl (C=O) groups excluding carboxylic acids is 1. The van der Waals surface area contributed by atoms with E-state index >= 15 is 0 Å². The molecule has 0 aromatic carbocycles. The van der Waals surface area contributed by atoms with Gasteiger partial charge in [0.1, 0.15) is 5.60 Å². The Morgan fingerprint density at radius 3 is 2.78 bits per heavy atom. The van der Waals surface area contributed by atoms with Crippen molar-refractivity contribution >= 4 is 27.8 Å². The summed E-state index contributed by atoms with van der Waals surface area (Å²) in [4.78, 5) is 19.4. The fraction of sp³-hybridized carbons (Fsp3) is 0.600. The Morgan fingerprint density at radius 2 is 2.22 bits per heavy atom. The average Bonchev–Trinajstić information content (AvgIpc) is 2.45. The number of hydrogen-bond donors (Lipinski definition) is 1. The van der Waals surface area contributed by atoms with Gasteiger partial charge in [0.05, 0.1) is 12.6 Å². The first kappa shape index (κ1) is 17.9. The van der Waals surface area contributed by atoms with E-state index in [4.69, 9.17) is 4.74 Å². The predicted molar refractivity (Wildman–Crippen MR) is 87.9 cm³/mol. The molecule has 0 bridgehead atoms. The highest BCUT2D eigenvalue weighted by Gasteiger charge is 2.33. The van der Waals surface area contributed by atoms with Gasteiger partial charge in [-0.25, -0.2) is 14.2 Å². The molecule has 1 saturated heterocycles. The van der Waals surface area contributed by atoms with Gasteiger partial charge in [-0.1, -0.05) is 0 Å². The molecule has 1 aromatic heterocycles. The first-order chi connectivity index (χ1) is 10.7. The summed E-state index contributed by atoms with van der Waals surface area (Å²) in [5, 5.41) is 9.62. The minimum atomic E-state index is -0.581. The highest BCUT2D eigenvalue weighted by Crippen LogP contribution is 2.24. The van der Waals surface area contributed by atoms with Crippen LogP contribution in [0.25, 0.3) is 0 Å². The van der Waals surface area contributed by atoms with E-state index in [9.17, 15) is 14.3 Å². The molecule has 2 heterocycles. The number of aromatic nitrogens is 1. The van der Waals surface area contributed by atoms with Crippen LogP contribution in [-0.4, -0.2) is 59.0 Å². The molecule has 0 radical (unpaired) electrons. The molecule has 1 aliphatic rings. The van der Waals surface area contributed by atoms with Crippen molar-refractivity contribution in [3.8, 4) is 0 Å². The van der Waals surface area contributed by atoms with Gasteiger partial charge in [0.25, 0.3) is 0 Å². The quantitative estimate of drug-likeness (QED) is 0.840. The SMILES string of the molecule is CC(C)(C)OC(=O)N1CCN(c2ncc(Br)cc2F)[C@@H](CO)C1. The molecule has 8 heteroatoms. The maximum absolute atomic E-state index is 14.1. The van der Waals surface area contributed by atoms with E-state index in [1.807, 2.05) is 0 Å². The molecule has 0 unspecified atom stereocenters. The first-order valence-corrected chi connectivity index (χ1v) is 8.17. The molecular formula is C15H21BrFN3O3. The molecule has 1 fully saturated rings. The van der Waals surface area contributed by atoms with Crippen molar-refractivity contribution in [3.05, 3.63) is 22.6 Å². The summed E-state index contributed by atoms with van der Waals surface area (Å²) >= 11 is 3.17. The monoisotopic (exact) mass is 389 g/mol. The van der Waals surface area contributed by atoms with Crippen molar-refractivity contribution in [2.45, 2.75) is 32.4 Å². The minimum Gasteiger partial charge on any atom is -0.444 e. The number of ether oxygens (including phenoxy) is 1. The van der Waals surface area contributed by atoms with E-state index in [1.165, 1.54) is 17.2 Å². The van der Waals surface area contributed by atoms with Gasteiger partial charge in [-0.05, 0) is 42.8 Å². The third-order valence-corrected chi connectivity index (χ3v) is 3.84. The first-order valence-electron chi connectivity index (χ1n) is 7.37. The third kappa shape index (κ3) is 4.54. The lowest BCUT2D eigenvalue weighted by Gasteiger charge is -2.41. The number of aliphatic hydroxyl groups excluding tert-OH is 1. The molecular weight excluding hydrogens is 369 g/mol. The van der Waals surface area contributed by atoms with Crippen molar-refractivity contribution < 1.29 is 19.0 Å². The second-order valence-corrected chi connectivity index (χ2v) is 7.33. The van der Waals surface area contributed by atoms with Crippen molar-refractivity contribution in [2.24, 2.45) is 0 Å². The number of amides is 1. The Labute approximate surface area is 143 Å². The molecule has 1 aromatic rings. The van der Waals surface area contributed by atoms with E-state index in [2.05, 4.69) is 20.9 Å². The van der Waals surface area contributed by atoms with Crippen LogP contribution in [0.1, 0.15) is 20.8 Å². The zero-order valence-electron chi connectivity index (χ0n) is 13.4. The summed E-state index contributed by atoms with van der Waals surface area (Å²) in [6.45, 7) is 6.18. The lowest BCUT2D eigenvalue weighted by atomic mass is 10.1. The van der Waals surface area contributed by atoms with Gasteiger partial charge in [-0.15, -0.1) is 0 Å². The van der Waals surface area contributed by atoms with Crippen LogP contribution >= 0.6 is 15.9 Å². The topological polar surface area (TPSA) is 65.9 Å². The number of nitrogens with zero attached hydrogens (tertiary/aromatic N) is 3. The van der Waals surface area contributed by atoms with E-state index in [0.717, 1.165) is 0 Å². The van der Waals surface area contributed by atoms with Gasteiger partial charge in [0.15, 0.2) is 11.6 Å². The number of rotatable bonds is 2. The van der Waals surface area contributed by atoms with Crippen LogP contribution in [0.4, 0.5) is 15.0 Å². The van der Waals surface area contributed by atoms with E-state index in [0.29, 0.717) is 17.6 Å². The maximum atomic E-state index is 14.1. The van der Waals surface area contributed by atoms with Gasteiger partial charge in [-0.3, -0.25) is 0 Å². The average molecular weight is 390 g/mol. The van der Waals surface area contributed by atoms with Crippen molar-refractivity contribution in [1.82, 2.24) is 9.88 Å². The molecule has 0 aliphatic carbocycles. The number of hydrogen-bond acceptors (Lipinski definition) is 5. The smallest absolute Gasteiger partial charge is 0.410 e. The Kier molecular flexibility index (Phi) is 5.46. The second-order valence-electron chi connectivity index (χ2n) is 6.42. The van der Waals surface area contributed by atoms with Crippen LogP contribution in [0.2, 0.25) is 0 Å². The Morgan fingerprint density at radius 1 is 1.52 bits per heavy atom. The fourth-order valence-electron chi connectivity index (χ4n) is 2.40. The lowest BCUT2D eigenvalue weighted by molar-refractivity contribution is 0.0197. The molecule has 1 aliphatic heterocycles. The highest BCUT2D eigenvalue weighted by atomic mass is 79.9. The standard InChI is InChI=1S/C15H21BrFN3O3/c1-15(2,3)23-14(22)19-4-5-20(11(8-19)9-21)13-12(17)6-10(16)7-18-13/h6-7,11,21H,4-5,8-9H2,1-3H3/t11-/m1/s1. The van der Waals surface area contributed by atoms with Crippen LogP contribution in [0.5, 0.6) is 0 Å². The van der Waals surface area contributed by atoms with Gasteiger partial charge >= 0.3 is 6.09 Å². The molecule has 1 amide bonds. The summed E-state index contributed by atoms with van der Waals surface area (Å²) in [7, 11) is 0. The van der Waals surface area contributed by atoms with E-state index in [1.54, 1.807) is 25.7 Å². The Bertz CT molecular complexity index is 580. The van der Waals surface area contributed by atoms with E-state index in [-0.39, 0.29) is 19.0 Å². The molecule has 128 valence electrons. The number of anilines is 1. The van der Waals surface area contributed by atoms with Crippen LogP contribution in [-0.2, 0) is 4.74 Å². The van der Waals surface area contributed by atoms with E-state index < -0.39 is 23.6 Å². The molecule has 23 heavy (non-hydrogen) atoms. The van der Waals surface area contributed by atoms with Gasteiger partial charge in [0, 0.05) is 30.3 Å². The maximum Gasteiger partial charge on any atom is 0.410 e. The third-order valence-electron chi connectivity index (χ3n) is 3.41. The summed E-state index contributed by atoms with van der Waals surface area (Å²) in [5.41, 5.74) is -0.581. The zero-order valence-corrected chi connectivity index (χ0v) is 15.0. The Balaban J connectivity index is 2.11. The summed E-state index contributed by atoms with van der Waals surface area (Å²) in [6.07, 6.45) is 1.08.